The number of rotatable bonds is 10. The number of nitriles is 2. The van der Waals surface area contributed by atoms with E-state index >= 15 is 0 Å². The highest BCUT2D eigenvalue weighted by atomic mass is 35.5. The molecule has 41 heavy (non-hydrogen) atoms. The van der Waals surface area contributed by atoms with Gasteiger partial charge in [-0.15, -0.1) is 12.7 Å². The minimum Gasteiger partial charge on any atom is -0.192 e. The zero-order valence-corrected chi connectivity index (χ0v) is 25.9. The Morgan fingerprint density at radius 2 is 1.39 bits per heavy atom. The van der Waals surface area contributed by atoms with Crippen LogP contribution in [0.4, 0.5) is 0 Å². The minimum absolute atomic E-state index is 0.0694. The van der Waals surface area contributed by atoms with E-state index in [1.165, 1.54) is 45.8 Å². The van der Waals surface area contributed by atoms with E-state index in [1.54, 1.807) is 12.1 Å². The fourth-order valence-corrected chi connectivity index (χ4v) is 7.74. The molecule has 0 aliphatic heterocycles. The molecule has 0 fully saturated rings. The number of hydrogen-bond acceptors (Lipinski definition) is 2. The van der Waals surface area contributed by atoms with Gasteiger partial charge in [-0.1, -0.05) is 93.0 Å². The first-order valence-corrected chi connectivity index (χ1v) is 16.1. The molecule has 0 aliphatic carbocycles. The first-order chi connectivity index (χ1) is 19.9. The molecule has 0 N–H and O–H groups in total. The molecule has 0 spiro atoms. The number of fused-ring (bicyclic) bond motifs is 1. The normalized spacial score (nSPS) is 11.4. The van der Waals surface area contributed by atoms with Crippen LogP contribution in [0.2, 0.25) is 30.3 Å². The highest BCUT2D eigenvalue weighted by Crippen LogP contribution is 2.34. The third kappa shape index (κ3) is 8.17. The van der Waals surface area contributed by atoms with Crippen molar-refractivity contribution in [3.63, 3.8) is 0 Å². The lowest BCUT2D eigenvalue weighted by Crippen LogP contribution is -2.29. The summed E-state index contributed by atoms with van der Waals surface area (Å²) in [5, 5.41) is 22.3. The maximum absolute atomic E-state index is 9.68. The van der Waals surface area contributed by atoms with E-state index in [0.29, 0.717) is 10.8 Å². The highest BCUT2D eigenvalue weighted by Gasteiger charge is 2.30. The molecular formula is C36H38BClN2S. The van der Waals surface area contributed by atoms with Gasteiger partial charge in [0.15, 0.2) is 9.79 Å². The molecule has 1 unspecified atom stereocenters. The van der Waals surface area contributed by atoms with E-state index in [-0.39, 0.29) is 22.6 Å². The SMILES string of the molecule is C=CC[B-](CC)(CC)CC.N#CC(C#N)=C(C[S+](c1ccccc1)c1cccc2ccccc12)c1ccc(Cl)cc1. The summed E-state index contributed by atoms with van der Waals surface area (Å²) < 4.78 is 0. The van der Waals surface area contributed by atoms with Crippen LogP contribution < -0.4 is 0 Å². The van der Waals surface area contributed by atoms with Gasteiger partial charge in [-0.25, -0.2) is 0 Å². The lowest BCUT2D eigenvalue weighted by molar-refractivity contribution is 1.14. The van der Waals surface area contributed by atoms with Crippen LogP contribution in [0, 0.1) is 22.7 Å². The Hall–Kier alpha value is -3.70. The summed E-state index contributed by atoms with van der Waals surface area (Å²) in [4.78, 5) is 2.37. The van der Waals surface area contributed by atoms with Gasteiger partial charge in [0.25, 0.3) is 0 Å². The number of benzene rings is 4. The van der Waals surface area contributed by atoms with E-state index in [1.807, 2.05) is 42.5 Å². The monoisotopic (exact) mass is 576 g/mol. The predicted octanol–water partition coefficient (Wildman–Crippen LogP) is 10.7. The van der Waals surface area contributed by atoms with Crippen molar-refractivity contribution in [1.29, 1.82) is 10.5 Å². The Labute approximate surface area is 254 Å². The van der Waals surface area contributed by atoms with E-state index in [0.717, 1.165) is 11.1 Å². The number of nitrogens with zero attached hydrogens (tertiary/aromatic N) is 2. The molecule has 0 aliphatic rings. The summed E-state index contributed by atoms with van der Waals surface area (Å²) in [6.45, 7) is 10.7. The van der Waals surface area contributed by atoms with Crippen molar-refractivity contribution in [2.75, 3.05) is 5.75 Å². The third-order valence-corrected chi connectivity index (χ3v) is 10.9. The molecule has 208 valence electrons. The van der Waals surface area contributed by atoms with Crippen molar-refractivity contribution < 1.29 is 0 Å². The number of hydrogen-bond donors (Lipinski definition) is 0. The molecule has 5 heteroatoms. The van der Waals surface area contributed by atoms with Crippen LogP contribution in [0.5, 0.6) is 0 Å². The summed E-state index contributed by atoms with van der Waals surface area (Å²) in [6, 6.07) is 36.5. The lowest BCUT2D eigenvalue weighted by Gasteiger charge is -2.34. The van der Waals surface area contributed by atoms with Gasteiger partial charge in [-0.2, -0.15) is 35.8 Å². The van der Waals surface area contributed by atoms with Crippen molar-refractivity contribution in [3.8, 4) is 12.1 Å². The first kappa shape index (κ1) is 31.8. The average molecular weight is 577 g/mol. The summed E-state index contributed by atoms with van der Waals surface area (Å²) in [7, 11) is -0.379. The summed E-state index contributed by atoms with van der Waals surface area (Å²) in [5.41, 5.74) is 1.72. The van der Waals surface area contributed by atoms with E-state index < -0.39 is 0 Å². The van der Waals surface area contributed by atoms with E-state index in [2.05, 4.69) is 88.0 Å². The summed E-state index contributed by atoms with van der Waals surface area (Å²) in [5.74, 6) is 0.552. The van der Waals surface area contributed by atoms with Crippen LogP contribution in [0.15, 0.2) is 125 Å². The molecule has 2 nitrogen and oxygen atoms in total. The molecule has 0 saturated carbocycles. The summed E-state index contributed by atoms with van der Waals surface area (Å²) >= 11 is 6.08. The Bertz CT molecular complexity index is 1520. The second-order valence-electron chi connectivity index (χ2n) is 10.4. The third-order valence-electron chi connectivity index (χ3n) is 8.31. The average Bonchev–Trinajstić information content (AvgIpc) is 3.03. The molecule has 4 aromatic carbocycles. The van der Waals surface area contributed by atoms with Gasteiger partial charge in [0.1, 0.15) is 23.5 Å². The zero-order valence-electron chi connectivity index (χ0n) is 24.3. The van der Waals surface area contributed by atoms with Crippen LogP contribution in [0.1, 0.15) is 26.3 Å². The van der Waals surface area contributed by atoms with Crippen LogP contribution in [-0.4, -0.2) is 11.9 Å². The maximum atomic E-state index is 9.68. The second kappa shape index (κ2) is 15.9. The van der Waals surface area contributed by atoms with Crippen LogP contribution >= 0.6 is 11.6 Å². The molecule has 1 atom stereocenters. The fraction of sp³-hybridized carbons (Fsp3) is 0.222. The van der Waals surface area contributed by atoms with Crippen molar-refractivity contribution >= 4 is 45.0 Å². The summed E-state index contributed by atoms with van der Waals surface area (Å²) in [6.07, 6.45) is 7.29. The van der Waals surface area contributed by atoms with Gasteiger partial charge >= 0.3 is 0 Å². The van der Waals surface area contributed by atoms with Crippen molar-refractivity contribution in [2.45, 2.75) is 55.8 Å². The Morgan fingerprint density at radius 1 is 0.805 bits per heavy atom. The smallest absolute Gasteiger partial charge is 0.168 e. The quantitative estimate of drug-likeness (QED) is 0.0815. The fourth-order valence-electron chi connectivity index (χ4n) is 5.26. The second-order valence-corrected chi connectivity index (χ2v) is 12.8. The van der Waals surface area contributed by atoms with Gasteiger partial charge in [-0.3, -0.25) is 0 Å². The topological polar surface area (TPSA) is 47.6 Å². The molecular weight excluding hydrogens is 539 g/mol. The van der Waals surface area contributed by atoms with Gasteiger partial charge in [0, 0.05) is 22.1 Å². The standard InChI is InChI=1S/C27H18ClN2S.C9H20B/c28-23-15-13-21(14-16-23)26(22(17-29)18-30)19-31(24-9-2-1-3-10-24)27-12-6-8-20-7-4-5-11-25(20)27;1-5-9-10(6-2,7-3)8-4/h1-16H,19H2;5H,1,6-9H2,2-4H3/q+1;-1. The van der Waals surface area contributed by atoms with Gasteiger partial charge < -0.3 is 0 Å². The molecule has 0 aromatic heterocycles. The van der Waals surface area contributed by atoms with Crippen LogP contribution in [-0.2, 0) is 10.9 Å². The molecule has 0 bridgehead atoms. The lowest BCUT2D eigenvalue weighted by atomic mass is 9.19. The predicted molar refractivity (Wildman–Crippen MR) is 181 cm³/mol. The molecule has 0 heterocycles. The zero-order chi connectivity index (χ0) is 29.7. The molecule has 4 rings (SSSR count). The van der Waals surface area contributed by atoms with Crippen molar-refractivity contribution in [1.82, 2.24) is 0 Å². The molecule has 0 saturated heterocycles. The van der Waals surface area contributed by atoms with E-state index in [9.17, 15) is 10.5 Å². The minimum atomic E-state index is -0.379. The Morgan fingerprint density at radius 3 is 1.95 bits per heavy atom. The van der Waals surface area contributed by atoms with Crippen LogP contribution in [0.25, 0.3) is 16.3 Å². The van der Waals surface area contributed by atoms with Gasteiger partial charge in [0.2, 0.25) is 0 Å². The largest absolute Gasteiger partial charge is 0.192 e. The van der Waals surface area contributed by atoms with E-state index in [4.69, 9.17) is 11.6 Å². The highest BCUT2D eigenvalue weighted by molar-refractivity contribution is 7.97. The van der Waals surface area contributed by atoms with Crippen LogP contribution in [0.3, 0.4) is 0 Å². The Balaban J connectivity index is 0.000000397. The Kier molecular flexibility index (Phi) is 12.4. The molecule has 0 amide bonds. The number of halogens is 1. The number of allylic oxidation sites excluding steroid dienone is 2. The maximum Gasteiger partial charge on any atom is 0.168 e. The molecule has 4 aromatic rings. The van der Waals surface area contributed by atoms with Crippen molar-refractivity contribution in [3.05, 3.63) is 126 Å². The van der Waals surface area contributed by atoms with Gasteiger partial charge in [-0.05, 0) is 47.3 Å². The van der Waals surface area contributed by atoms with Crippen molar-refractivity contribution in [2.24, 2.45) is 0 Å². The van der Waals surface area contributed by atoms with Gasteiger partial charge in [0.05, 0.1) is 10.9 Å². The first-order valence-electron chi connectivity index (χ1n) is 14.3. The molecule has 0 radical (unpaired) electrons.